The van der Waals surface area contributed by atoms with E-state index < -0.39 is 0 Å². The minimum absolute atomic E-state index is 0.0980. The Bertz CT molecular complexity index is 226. The molecule has 4 heteroatoms. The molecule has 2 saturated heterocycles. The topological polar surface area (TPSA) is 44.4 Å². The van der Waals surface area contributed by atoms with Gasteiger partial charge in [0.05, 0.1) is 0 Å². The molecule has 0 aromatic rings. The number of rotatable bonds is 3. The van der Waals surface area contributed by atoms with Crippen molar-refractivity contribution in [1.29, 1.82) is 0 Å². The molecular weight excluding hydrogens is 190 g/mol. The van der Waals surface area contributed by atoms with Gasteiger partial charge in [-0.3, -0.25) is 9.69 Å². The van der Waals surface area contributed by atoms with E-state index in [9.17, 15) is 4.79 Å². The number of hydrogen-bond donors (Lipinski definition) is 2. The highest BCUT2D eigenvalue weighted by Crippen LogP contribution is 2.13. The summed E-state index contributed by atoms with van der Waals surface area (Å²) >= 11 is 0. The highest BCUT2D eigenvalue weighted by molar-refractivity contribution is 5.73. The number of carbonyl (C=O) groups is 1. The molecule has 0 saturated carbocycles. The Morgan fingerprint density at radius 3 is 3.07 bits per heavy atom. The number of carbonyl (C=O) groups excluding carboxylic acids is 1. The maximum absolute atomic E-state index is 10.9. The summed E-state index contributed by atoms with van der Waals surface area (Å²) in [6.07, 6.45) is 3.72. The van der Waals surface area contributed by atoms with Crippen LogP contribution in [0.25, 0.3) is 0 Å². The highest BCUT2D eigenvalue weighted by Gasteiger charge is 2.25. The number of nitrogens with zero attached hydrogens (tertiary/aromatic N) is 1. The summed E-state index contributed by atoms with van der Waals surface area (Å²) in [5.74, 6) is 0.0980. The first-order chi connectivity index (χ1) is 7.24. The number of nitrogens with one attached hydrogen (secondary N) is 2. The molecule has 2 N–H and O–H groups in total. The molecule has 4 nitrogen and oxygen atoms in total. The zero-order chi connectivity index (χ0) is 10.7. The fourth-order valence-electron chi connectivity index (χ4n) is 2.63. The maximum Gasteiger partial charge on any atom is 0.217 e. The molecule has 2 rings (SSSR count). The summed E-state index contributed by atoms with van der Waals surface area (Å²) in [4.78, 5) is 13.4. The number of amides is 1. The zero-order valence-electron chi connectivity index (χ0n) is 9.46. The Morgan fingerprint density at radius 2 is 2.40 bits per heavy atom. The molecule has 0 radical (unpaired) electrons. The lowest BCUT2D eigenvalue weighted by Gasteiger charge is -2.20. The van der Waals surface area contributed by atoms with Gasteiger partial charge in [0.15, 0.2) is 0 Å². The van der Waals surface area contributed by atoms with Crippen LogP contribution < -0.4 is 10.6 Å². The lowest BCUT2D eigenvalue weighted by Crippen LogP contribution is -2.39. The van der Waals surface area contributed by atoms with Crippen molar-refractivity contribution in [2.45, 2.75) is 38.3 Å². The van der Waals surface area contributed by atoms with Gasteiger partial charge < -0.3 is 10.6 Å². The highest BCUT2D eigenvalue weighted by atomic mass is 16.1. The van der Waals surface area contributed by atoms with Crippen LogP contribution >= 0.6 is 0 Å². The summed E-state index contributed by atoms with van der Waals surface area (Å²) in [5.41, 5.74) is 0. The van der Waals surface area contributed by atoms with Crippen LogP contribution in [0.1, 0.15) is 26.2 Å². The second kappa shape index (κ2) is 4.94. The lowest BCUT2D eigenvalue weighted by molar-refractivity contribution is -0.119. The minimum atomic E-state index is 0.0980. The largest absolute Gasteiger partial charge is 0.352 e. The number of likely N-dealkylation sites (tertiary alicyclic amines) is 1. The van der Waals surface area contributed by atoms with Crippen LogP contribution in [-0.2, 0) is 4.79 Å². The first-order valence-corrected chi connectivity index (χ1v) is 5.97. The fourth-order valence-corrected chi connectivity index (χ4v) is 2.63. The third-order valence-electron chi connectivity index (χ3n) is 3.32. The van der Waals surface area contributed by atoms with Crippen LogP contribution in [0.4, 0.5) is 0 Å². The van der Waals surface area contributed by atoms with Gasteiger partial charge in [-0.15, -0.1) is 0 Å². The van der Waals surface area contributed by atoms with E-state index >= 15 is 0 Å². The lowest BCUT2D eigenvalue weighted by atomic mass is 10.2. The van der Waals surface area contributed by atoms with Crippen molar-refractivity contribution in [1.82, 2.24) is 15.5 Å². The van der Waals surface area contributed by atoms with Crippen molar-refractivity contribution < 1.29 is 4.79 Å². The van der Waals surface area contributed by atoms with Gasteiger partial charge in [-0.1, -0.05) is 0 Å². The maximum atomic E-state index is 10.9. The molecule has 0 aromatic heterocycles. The Labute approximate surface area is 91.4 Å². The molecule has 2 unspecified atom stereocenters. The molecule has 2 fully saturated rings. The predicted octanol–water partition coefficient (Wildman–Crippen LogP) is -0.0512. The van der Waals surface area contributed by atoms with Gasteiger partial charge in [0.1, 0.15) is 0 Å². The summed E-state index contributed by atoms with van der Waals surface area (Å²) in [5, 5.41) is 6.51. The Kier molecular flexibility index (Phi) is 3.59. The van der Waals surface area contributed by atoms with Gasteiger partial charge >= 0.3 is 0 Å². The van der Waals surface area contributed by atoms with E-state index in [2.05, 4.69) is 15.5 Å². The van der Waals surface area contributed by atoms with E-state index in [4.69, 9.17) is 0 Å². The Hall–Kier alpha value is -0.610. The normalized spacial score (nSPS) is 32.1. The smallest absolute Gasteiger partial charge is 0.217 e. The third kappa shape index (κ3) is 3.18. The Morgan fingerprint density at radius 1 is 1.53 bits per heavy atom. The summed E-state index contributed by atoms with van der Waals surface area (Å²) in [6, 6.07) is 1.06. The second-order valence-electron chi connectivity index (χ2n) is 4.74. The minimum Gasteiger partial charge on any atom is -0.352 e. The van der Waals surface area contributed by atoms with Crippen molar-refractivity contribution in [3.8, 4) is 0 Å². The van der Waals surface area contributed by atoms with Gasteiger partial charge in [0.25, 0.3) is 0 Å². The van der Waals surface area contributed by atoms with Crippen molar-refractivity contribution in [2.24, 2.45) is 0 Å². The van der Waals surface area contributed by atoms with Gasteiger partial charge in [0, 0.05) is 38.6 Å². The van der Waals surface area contributed by atoms with Crippen LogP contribution in [-0.4, -0.2) is 49.1 Å². The van der Waals surface area contributed by atoms with Crippen LogP contribution in [0.2, 0.25) is 0 Å². The van der Waals surface area contributed by atoms with Gasteiger partial charge in [-0.05, 0) is 25.8 Å². The van der Waals surface area contributed by atoms with Gasteiger partial charge in [0.2, 0.25) is 5.91 Å². The third-order valence-corrected chi connectivity index (χ3v) is 3.32. The molecule has 2 aliphatic rings. The SMILES string of the molecule is CC(=O)NC1CCN(CC2CCCN2)C1. The first-order valence-electron chi connectivity index (χ1n) is 5.97. The summed E-state index contributed by atoms with van der Waals surface area (Å²) in [7, 11) is 0. The average Bonchev–Trinajstić information content (AvgIpc) is 2.77. The molecule has 2 heterocycles. The van der Waals surface area contributed by atoms with E-state index in [0.717, 1.165) is 26.1 Å². The van der Waals surface area contributed by atoms with E-state index in [-0.39, 0.29) is 5.91 Å². The van der Waals surface area contributed by atoms with Crippen molar-refractivity contribution >= 4 is 5.91 Å². The van der Waals surface area contributed by atoms with Gasteiger partial charge in [-0.2, -0.15) is 0 Å². The molecule has 0 bridgehead atoms. The summed E-state index contributed by atoms with van der Waals surface area (Å²) < 4.78 is 0. The van der Waals surface area contributed by atoms with E-state index in [0.29, 0.717) is 12.1 Å². The van der Waals surface area contributed by atoms with E-state index in [1.807, 2.05) is 0 Å². The van der Waals surface area contributed by atoms with Crippen LogP contribution in [0.3, 0.4) is 0 Å². The molecule has 2 aliphatic heterocycles. The van der Waals surface area contributed by atoms with Crippen molar-refractivity contribution in [2.75, 3.05) is 26.2 Å². The standard InChI is InChI=1S/C11H21N3O/c1-9(15)13-11-4-6-14(8-11)7-10-3-2-5-12-10/h10-12H,2-8H2,1H3,(H,13,15). The van der Waals surface area contributed by atoms with Crippen molar-refractivity contribution in [3.63, 3.8) is 0 Å². The first kappa shape index (κ1) is 10.9. The van der Waals surface area contributed by atoms with E-state index in [1.165, 1.54) is 19.4 Å². The van der Waals surface area contributed by atoms with Gasteiger partial charge in [-0.25, -0.2) is 0 Å². The monoisotopic (exact) mass is 211 g/mol. The quantitative estimate of drug-likeness (QED) is 0.688. The average molecular weight is 211 g/mol. The molecule has 86 valence electrons. The Balaban J connectivity index is 1.70. The van der Waals surface area contributed by atoms with Crippen molar-refractivity contribution in [3.05, 3.63) is 0 Å². The molecule has 0 aromatic carbocycles. The molecular formula is C11H21N3O. The zero-order valence-corrected chi connectivity index (χ0v) is 9.46. The molecule has 15 heavy (non-hydrogen) atoms. The molecule has 0 spiro atoms. The number of hydrogen-bond acceptors (Lipinski definition) is 3. The summed E-state index contributed by atoms with van der Waals surface area (Å²) in [6.45, 7) is 6.08. The fraction of sp³-hybridized carbons (Fsp3) is 0.909. The predicted molar refractivity (Wildman–Crippen MR) is 59.7 cm³/mol. The van der Waals surface area contributed by atoms with Crippen LogP contribution in [0.5, 0.6) is 0 Å². The molecule has 0 aliphatic carbocycles. The molecule has 1 amide bonds. The van der Waals surface area contributed by atoms with Crippen LogP contribution in [0.15, 0.2) is 0 Å². The second-order valence-corrected chi connectivity index (χ2v) is 4.74. The van der Waals surface area contributed by atoms with Crippen LogP contribution in [0, 0.1) is 0 Å². The molecule has 2 atom stereocenters. The van der Waals surface area contributed by atoms with E-state index in [1.54, 1.807) is 6.92 Å².